The first-order valence-corrected chi connectivity index (χ1v) is 13.1. The molecule has 0 aliphatic rings. The number of ether oxygens (including phenoxy) is 1. The van der Waals surface area contributed by atoms with Crippen LogP contribution in [0.3, 0.4) is 0 Å². The lowest BCUT2D eigenvalue weighted by molar-refractivity contribution is -0.137. The van der Waals surface area contributed by atoms with Crippen LogP contribution in [0.15, 0.2) is 40.3 Å². The largest absolute Gasteiger partial charge is 0.416 e. The molecule has 0 amide bonds. The van der Waals surface area contributed by atoms with Gasteiger partial charge in [0.2, 0.25) is 0 Å². The van der Waals surface area contributed by atoms with E-state index in [0.29, 0.717) is 12.3 Å². The van der Waals surface area contributed by atoms with E-state index in [4.69, 9.17) is 4.74 Å². The summed E-state index contributed by atoms with van der Waals surface area (Å²) in [5.41, 5.74) is -1.99. The molecule has 3 rings (SSSR count). The molecular weight excluding hydrogens is 417 g/mol. The highest BCUT2D eigenvalue weighted by molar-refractivity contribution is 6.76. The normalized spacial score (nSPS) is 12.6. The Morgan fingerprint density at radius 3 is 2.60 bits per heavy atom. The lowest BCUT2D eigenvalue weighted by Gasteiger charge is -2.16. The zero-order valence-electron chi connectivity index (χ0n) is 16.9. The van der Waals surface area contributed by atoms with Gasteiger partial charge in [-0.2, -0.15) is 13.2 Å². The van der Waals surface area contributed by atoms with Crippen molar-refractivity contribution >= 4 is 19.0 Å². The van der Waals surface area contributed by atoms with Gasteiger partial charge in [-0.1, -0.05) is 19.6 Å². The predicted molar refractivity (Wildman–Crippen MR) is 109 cm³/mol. The van der Waals surface area contributed by atoms with Crippen LogP contribution in [0.4, 0.5) is 13.2 Å². The van der Waals surface area contributed by atoms with Gasteiger partial charge in [-0.25, -0.2) is 9.78 Å². The number of nitrogens with one attached hydrogen (secondary N) is 1. The number of hydrogen-bond donors (Lipinski definition) is 1. The number of imidazole rings is 1. The third kappa shape index (κ3) is 5.08. The van der Waals surface area contributed by atoms with Crippen LogP contribution in [0, 0.1) is 0 Å². The molecule has 0 radical (unpaired) electrons. The lowest BCUT2D eigenvalue weighted by atomic mass is 10.1. The minimum atomic E-state index is -4.59. The zero-order chi connectivity index (χ0) is 22.1. The van der Waals surface area contributed by atoms with E-state index in [1.807, 2.05) is 0 Å². The number of hydrogen-bond acceptors (Lipinski definition) is 4. The van der Waals surface area contributed by atoms with Gasteiger partial charge < -0.3 is 9.30 Å². The molecule has 11 heteroatoms. The molecule has 30 heavy (non-hydrogen) atoms. The minimum Gasteiger partial charge on any atom is -0.361 e. The predicted octanol–water partition coefficient (Wildman–Crippen LogP) is 3.27. The zero-order valence-corrected chi connectivity index (χ0v) is 17.9. The van der Waals surface area contributed by atoms with Crippen LogP contribution in [0.2, 0.25) is 25.7 Å². The van der Waals surface area contributed by atoms with E-state index in [0.717, 1.165) is 28.8 Å². The van der Waals surface area contributed by atoms with E-state index in [1.54, 1.807) is 4.57 Å². The molecule has 1 aromatic carbocycles. The van der Waals surface area contributed by atoms with Crippen molar-refractivity contribution < 1.29 is 17.9 Å². The molecule has 0 bridgehead atoms. The average molecular weight is 440 g/mol. The smallest absolute Gasteiger partial charge is 0.361 e. The first kappa shape index (κ1) is 22.0. The Labute approximate surface area is 171 Å². The van der Waals surface area contributed by atoms with Crippen LogP contribution in [0.1, 0.15) is 11.3 Å². The molecule has 1 N–H and O–H groups in total. The summed E-state index contributed by atoms with van der Waals surface area (Å²) in [7, 11) is -1.24. The quantitative estimate of drug-likeness (QED) is 0.452. The van der Waals surface area contributed by atoms with Crippen molar-refractivity contribution in [3.8, 4) is 0 Å². The Kier molecular flexibility index (Phi) is 6.04. The van der Waals surface area contributed by atoms with Crippen molar-refractivity contribution in [1.82, 2.24) is 19.1 Å². The molecule has 3 aromatic rings. The van der Waals surface area contributed by atoms with Gasteiger partial charge in [-0.05, 0) is 24.2 Å². The second kappa shape index (κ2) is 8.23. The maximum atomic E-state index is 13.1. The van der Waals surface area contributed by atoms with Gasteiger partial charge in [0.15, 0.2) is 0 Å². The van der Waals surface area contributed by atoms with Crippen LogP contribution in [-0.2, 0) is 24.2 Å². The molecule has 2 heterocycles. The molecule has 0 aliphatic carbocycles. The topological polar surface area (TPSA) is 81.9 Å². The highest BCUT2D eigenvalue weighted by Gasteiger charge is 2.31. The summed E-state index contributed by atoms with van der Waals surface area (Å²) in [5.74, 6) is 0. The fourth-order valence-corrected chi connectivity index (χ4v) is 3.68. The molecule has 0 saturated carbocycles. The molecule has 7 nitrogen and oxygen atoms in total. The fraction of sp³-hybridized carbons (Fsp3) is 0.421. The van der Waals surface area contributed by atoms with Gasteiger partial charge in [0, 0.05) is 14.7 Å². The summed E-state index contributed by atoms with van der Waals surface area (Å²) < 4.78 is 47.9. The van der Waals surface area contributed by atoms with Crippen molar-refractivity contribution in [2.24, 2.45) is 0 Å². The van der Waals surface area contributed by atoms with Crippen LogP contribution in [0.25, 0.3) is 10.9 Å². The summed E-state index contributed by atoms with van der Waals surface area (Å²) >= 11 is 0. The number of fused-ring (bicyclic) bond motifs is 1. The van der Waals surface area contributed by atoms with Crippen LogP contribution >= 0.6 is 0 Å². The highest BCUT2D eigenvalue weighted by Crippen LogP contribution is 2.30. The Morgan fingerprint density at radius 1 is 1.20 bits per heavy atom. The Bertz CT molecular complexity index is 1160. The molecule has 0 aliphatic heterocycles. The van der Waals surface area contributed by atoms with E-state index in [-0.39, 0.29) is 24.2 Å². The van der Waals surface area contributed by atoms with Gasteiger partial charge >= 0.3 is 11.9 Å². The SMILES string of the molecule is C[Si](C)(C)CCOCn1cncc1Cn1c(=O)[nH]c(=O)c2ccc(C(F)(F)F)cc21. The maximum Gasteiger partial charge on any atom is 0.416 e. The number of rotatable bonds is 7. The van der Waals surface area contributed by atoms with Crippen molar-refractivity contribution in [2.45, 2.75) is 45.1 Å². The Morgan fingerprint density at radius 2 is 1.93 bits per heavy atom. The van der Waals surface area contributed by atoms with Gasteiger partial charge in [0.1, 0.15) is 6.73 Å². The number of aromatic amines is 1. The van der Waals surface area contributed by atoms with Crippen LogP contribution in [-0.4, -0.2) is 33.8 Å². The van der Waals surface area contributed by atoms with Crippen molar-refractivity contribution in [3.63, 3.8) is 0 Å². The molecule has 0 saturated heterocycles. The summed E-state index contributed by atoms with van der Waals surface area (Å²) in [5, 5.41) is 0.0000474. The van der Waals surface area contributed by atoms with Gasteiger partial charge in [0.25, 0.3) is 5.56 Å². The number of alkyl halides is 3. The van der Waals surface area contributed by atoms with Gasteiger partial charge in [-0.15, -0.1) is 0 Å². The van der Waals surface area contributed by atoms with Crippen LogP contribution in [0.5, 0.6) is 0 Å². The number of H-pyrrole nitrogens is 1. The molecule has 0 fully saturated rings. The van der Waals surface area contributed by atoms with E-state index < -0.39 is 31.1 Å². The fourth-order valence-electron chi connectivity index (χ4n) is 2.92. The van der Waals surface area contributed by atoms with Crippen molar-refractivity contribution in [1.29, 1.82) is 0 Å². The first-order chi connectivity index (χ1) is 14.0. The molecule has 0 atom stereocenters. The highest BCUT2D eigenvalue weighted by atomic mass is 28.3. The molecule has 162 valence electrons. The molecular formula is C19H23F3N4O3Si. The summed E-state index contributed by atoms with van der Waals surface area (Å²) in [4.78, 5) is 30.7. The Hall–Kier alpha value is -2.66. The number of benzene rings is 1. The standard InChI is InChI=1S/C19H23F3N4O3Si/c1-30(2,3)7-6-29-12-25-11-23-9-14(25)10-26-16-8-13(19(20,21)22)4-5-15(16)17(27)24-18(26)28/h4-5,8-9,11H,6-7,10,12H2,1-3H3,(H,24,27,28). The number of aromatic nitrogens is 4. The van der Waals surface area contributed by atoms with Crippen LogP contribution < -0.4 is 11.2 Å². The second-order valence-electron chi connectivity index (χ2n) is 8.28. The second-order valence-corrected chi connectivity index (χ2v) is 13.9. The van der Waals surface area contributed by atoms with E-state index in [2.05, 4.69) is 29.6 Å². The minimum absolute atomic E-state index is 0.0000474. The van der Waals surface area contributed by atoms with Crippen molar-refractivity contribution in [2.75, 3.05) is 6.61 Å². The number of halogens is 3. The summed E-state index contributed by atoms with van der Waals surface area (Å²) in [6, 6.07) is 3.70. The van der Waals surface area contributed by atoms with E-state index >= 15 is 0 Å². The monoisotopic (exact) mass is 440 g/mol. The first-order valence-electron chi connectivity index (χ1n) is 9.36. The van der Waals surface area contributed by atoms with E-state index in [1.165, 1.54) is 12.5 Å². The summed E-state index contributed by atoms with van der Waals surface area (Å²) in [6.45, 7) is 7.45. The van der Waals surface area contributed by atoms with Gasteiger partial charge in [-0.3, -0.25) is 14.3 Å². The van der Waals surface area contributed by atoms with E-state index in [9.17, 15) is 22.8 Å². The lowest BCUT2D eigenvalue weighted by Crippen LogP contribution is -2.31. The maximum absolute atomic E-state index is 13.1. The molecule has 0 unspecified atom stereocenters. The third-order valence-corrected chi connectivity index (χ3v) is 6.38. The number of nitrogens with zero attached hydrogens (tertiary/aromatic N) is 3. The molecule has 0 spiro atoms. The van der Waals surface area contributed by atoms with Gasteiger partial charge in [0.05, 0.1) is 41.2 Å². The third-order valence-electron chi connectivity index (χ3n) is 4.67. The Balaban J connectivity index is 1.92. The molecule has 2 aromatic heterocycles. The van der Waals surface area contributed by atoms with Crippen molar-refractivity contribution in [3.05, 3.63) is 62.8 Å². The average Bonchev–Trinajstić information content (AvgIpc) is 3.07. The summed E-state index contributed by atoms with van der Waals surface area (Å²) in [6.07, 6.45) is -1.55.